The summed E-state index contributed by atoms with van der Waals surface area (Å²) in [4.78, 5) is 29.5. The Bertz CT molecular complexity index is 980. The Morgan fingerprint density at radius 2 is 1.93 bits per heavy atom. The van der Waals surface area contributed by atoms with E-state index in [2.05, 4.69) is 15.3 Å². The number of likely N-dealkylation sites (tertiary alicyclic amines) is 1. The summed E-state index contributed by atoms with van der Waals surface area (Å²) in [5.41, 5.74) is 2.00. The zero-order chi connectivity index (χ0) is 20.2. The van der Waals surface area contributed by atoms with Gasteiger partial charge in [-0.2, -0.15) is 0 Å². The van der Waals surface area contributed by atoms with Crippen molar-refractivity contribution in [2.75, 3.05) is 18.4 Å². The first-order valence-corrected chi connectivity index (χ1v) is 10.8. The van der Waals surface area contributed by atoms with Gasteiger partial charge in [0.15, 0.2) is 5.13 Å². The third kappa shape index (κ3) is 4.98. The lowest BCUT2D eigenvalue weighted by Gasteiger charge is -2.31. The number of nitrogens with one attached hydrogen (secondary N) is 1. The SMILES string of the molecule is Cc1cc(Nc2ncc(C)s2)nc(C2CCN(C(=O)Cc3ccccc3)CC2)n1. The molecular weight excluding hydrogens is 382 g/mol. The van der Waals surface area contributed by atoms with Crippen molar-refractivity contribution in [1.29, 1.82) is 0 Å². The molecule has 1 saturated heterocycles. The summed E-state index contributed by atoms with van der Waals surface area (Å²) in [6.45, 7) is 5.53. The van der Waals surface area contributed by atoms with Gasteiger partial charge in [-0.05, 0) is 32.3 Å². The highest BCUT2D eigenvalue weighted by atomic mass is 32.1. The molecule has 4 rings (SSSR count). The Morgan fingerprint density at radius 3 is 2.62 bits per heavy atom. The number of hydrogen-bond donors (Lipinski definition) is 1. The van der Waals surface area contributed by atoms with E-state index in [0.29, 0.717) is 6.42 Å². The number of benzene rings is 1. The Kier molecular flexibility index (Phi) is 5.85. The van der Waals surface area contributed by atoms with Gasteiger partial charge in [0.2, 0.25) is 5.91 Å². The number of carbonyl (C=O) groups is 1. The highest BCUT2D eigenvalue weighted by Crippen LogP contribution is 2.28. The molecule has 0 bridgehead atoms. The molecule has 6 nitrogen and oxygen atoms in total. The normalized spacial score (nSPS) is 14.8. The fourth-order valence-electron chi connectivity index (χ4n) is 3.63. The predicted octanol–water partition coefficient (Wildman–Crippen LogP) is 4.24. The van der Waals surface area contributed by atoms with Gasteiger partial charge in [0, 0.05) is 41.8 Å². The average Bonchev–Trinajstić information content (AvgIpc) is 3.13. The molecule has 1 N–H and O–H groups in total. The van der Waals surface area contributed by atoms with Crippen LogP contribution >= 0.6 is 11.3 Å². The molecule has 29 heavy (non-hydrogen) atoms. The number of aromatic nitrogens is 3. The van der Waals surface area contributed by atoms with Gasteiger partial charge in [-0.1, -0.05) is 30.3 Å². The summed E-state index contributed by atoms with van der Waals surface area (Å²) < 4.78 is 0. The first-order valence-electron chi connectivity index (χ1n) is 9.93. The van der Waals surface area contributed by atoms with Crippen LogP contribution in [-0.2, 0) is 11.2 Å². The van der Waals surface area contributed by atoms with Crippen molar-refractivity contribution >= 4 is 28.2 Å². The summed E-state index contributed by atoms with van der Waals surface area (Å²) >= 11 is 1.61. The van der Waals surface area contributed by atoms with Gasteiger partial charge in [-0.15, -0.1) is 11.3 Å². The maximum Gasteiger partial charge on any atom is 0.226 e. The summed E-state index contributed by atoms with van der Waals surface area (Å²) in [6.07, 6.45) is 4.09. The average molecular weight is 408 g/mol. The van der Waals surface area contributed by atoms with Crippen LogP contribution in [0, 0.1) is 13.8 Å². The van der Waals surface area contributed by atoms with E-state index in [9.17, 15) is 4.79 Å². The Labute approximate surface area is 175 Å². The number of hydrogen-bond acceptors (Lipinski definition) is 6. The lowest BCUT2D eigenvalue weighted by Crippen LogP contribution is -2.39. The van der Waals surface area contributed by atoms with Gasteiger partial charge in [0.25, 0.3) is 0 Å². The fraction of sp³-hybridized carbons (Fsp3) is 0.364. The van der Waals surface area contributed by atoms with Crippen LogP contribution in [-0.4, -0.2) is 38.8 Å². The Balaban J connectivity index is 1.38. The number of nitrogens with zero attached hydrogens (tertiary/aromatic N) is 4. The standard InChI is InChI=1S/C22H25N5OS/c1-15-12-19(26-22-23-14-16(2)29-22)25-21(24-15)18-8-10-27(11-9-18)20(28)13-17-6-4-3-5-7-17/h3-7,12,14,18H,8-11,13H2,1-2H3,(H,23,24,25,26). The van der Waals surface area contributed by atoms with Crippen LogP contribution in [0.3, 0.4) is 0 Å². The maximum atomic E-state index is 12.6. The molecule has 0 radical (unpaired) electrons. The lowest BCUT2D eigenvalue weighted by atomic mass is 9.95. The number of aryl methyl sites for hydroxylation is 2. The van der Waals surface area contributed by atoms with Gasteiger partial charge < -0.3 is 10.2 Å². The summed E-state index contributed by atoms with van der Waals surface area (Å²) in [5.74, 6) is 2.11. The second kappa shape index (κ2) is 8.69. The zero-order valence-electron chi connectivity index (χ0n) is 16.8. The van der Waals surface area contributed by atoms with E-state index in [-0.39, 0.29) is 11.8 Å². The van der Waals surface area contributed by atoms with Crippen molar-refractivity contribution < 1.29 is 4.79 Å². The fourth-order valence-corrected chi connectivity index (χ4v) is 4.30. The number of thiazole rings is 1. The Morgan fingerprint density at radius 1 is 1.17 bits per heavy atom. The summed E-state index contributed by atoms with van der Waals surface area (Å²) in [5, 5.41) is 4.13. The highest BCUT2D eigenvalue weighted by Gasteiger charge is 2.26. The van der Waals surface area contributed by atoms with Gasteiger partial charge in [-0.3, -0.25) is 4.79 Å². The van der Waals surface area contributed by atoms with Crippen molar-refractivity contribution in [2.45, 2.75) is 39.0 Å². The van der Waals surface area contributed by atoms with Crippen molar-refractivity contribution in [2.24, 2.45) is 0 Å². The second-order valence-electron chi connectivity index (χ2n) is 7.47. The van der Waals surface area contributed by atoms with Crippen molar-refractivity contribution in [3.63, 3.8) is 0 Å². The molecule has 0 spiro atoms. The van der Waals surface area contributed by atoms with E-state index >= 15 is 0 Å². The smallest absolute Gasteiger partial charge is 0.226 e. The van der Waals surface area contributed by atoms with Crippen molar-refractivity contribution in [1.82, 2.24) is 19.9 Å². The number of carbonyl (C=O) groups excluding carboxylic acids is 1. The van der Waals surface area contributed by atoms with Gasteiger partial charge in [0.1, 0.15) is 11.6 Å². The third-order valence-electron chi connectivity index (χ3n) is 5.14. The third-order valence-corrected chi connectivity index (χ3v) is 5.97. The predicted molar refractivity (Wildman–Crippen MR) is 116 cm³/mol. The summed E-state index contributed by atoms with van der Waals surface area (Å²) in [6, 6.07) is 11.9. The quantitative estimate of drug-likeness (QED) is 0.685. The van der Waals surface area contributed by atoms with Crippen LogP contribution in [0.15, 0.2) is 42.6 Å². The molecule has 3 aromatic rings. The van der Waals surface area contributed by atoms with Crippen LogP contribution in [0.5, 0.6) is 0 Å². The number of anilines is 2. The molecule has 0 aliphatic carbocycles. The van der Waals surface area contributed by atoms with Gasteiger partial charge >= 0.3 is 0 Å². The monoisotopic (exact) mass is 407 g/mol. The van der Waals surface area contributed by atoms with Crippen LogP contribution in [0.2, 0.25) is 0 Å². The van der Waals surface area contributed by atoms with Crippen LogP contribution in [0.4, 0.5) is 10.9 Å². The maximum absolute atomic E-state index is 12.6. The molecule has 0 saturated carbocycles. The van der Waals surface area contributed by atoms with Gasteiger partial charge in [0.05, 0.1) is 6.42 Å². The van der Waals surface area contributed by atoms with Crippen LogP contribution in [0.1, 0.15) is 40.7 Å². The van der Waals surface area contributed by atoms with E-state index in [1.165, 1.54) is 0 Å². The van der Waals surface area contributed by atoms with E-state index < -0.39 is 0 Å². The van der Waals surface area contributed by atoms with Gasteiger partial charge in [-0.25, -0.2) is 15.0 Å². The zero-order valence-corrected chi connectivity index (χ0v) is 17.6. The summed E-state index contributed by atoms with van der Waals surface area (Å²) in [7, 11) is 0. The van der Waals surface area contributed by atoms with Crippen LogP contribution in [0.25, 0.3) is 0 Å². The van der Waals surface area contributed by atoms with Crippen molar-refractivity contribution in [3.05, 3.63) is 64.6 Å². The molecule has 1 aliphatic rings. The van der Waals surface area contributed by atoms with Crippen molar-refractivity contribution in [3.8, 4) is 0 Å². The molecule has 0 unspecified atom stereocenters. The first-order chi connectivity index (χ1) is 14.1. The topological polar surface area (TPSA) is 71.0 Å². The number of amides is 1. The molecule has 1 aromatic carbocycles. The molecule has 3 heterocycles. The number of piperidine rings is 1. The molecule has 1 amide bonds. The first kappa shape index (κ1) is 19.5. The number of rotatable bonds is 5. The molecule has 1 aliphatic heterocycles. The largest absolute Gasteiger partial charge is 0.342 e. The molecule has 7 heteroatoms. The van der Waals surface area contributed by atoms with E-state index in [1.807, 2.05) is 61.3 Å². The second-order valence-corrected chi connectivity index (χ2v) is 8.71. The minimum atomic E-state index is 0.196. The molecule has 150 valence electrons. The minimum Gasteiger partial charge on any atom is -0.342 e. The van der Waals surface area contributed by atoms with E-state index in [0.717, 1.165) is 58.8 Å². The lowest BCUT2D eigenvalue weighted by molar-refractivity contribution is -0.131. The van der Waals surface area contributed by atoms with E-state index in [1.54, 1.807) is 11.3 Å². The van der Waals surface area contributed by atoms with Crippen LogP contribution < -0.4 is 5.32 Å². The Hall–Kier alpha value is -2.80. The molecular formula is C22H25N5OS. The molecule has 2 aromatic heterocycles. The highest BCUT2D eigenvalue weighted by molar-refractivity contribution is 7.15. The molecule has 0 atom stereocenters. The molecule has 1 fully saturated rings. The van der Waals surface area contributed by atoms with E-state index in [4.69, 9.17) is 4.98 Å². The minimum absolute atomic E-state index is 0.196.